The first kappa shape index (κ1) is 15.9. The summed E-state index contributed by atoms with van der Waals surface area (Å²) >= 11 is 5.83. The Morgan fingerprint density at radius 3 is 2.75 bits per heavy atom. The van der Waals surface area contributed by atoms with Crippen LogP contribution in [-0.2, 0) is 0 Å². The minimum atomic E-state index is -0.330. The molecule has 0 N–H and O–H groups in total. The first-order valence-corrected chi connectivity index (χ1v) is 8.74. The van der Waals surface area contributed by atoms with E-state index in [1.54, 1.807) is 0 Å². The molecule has 0 spiro atoms. The van der Waals surface area contributed by atoms with Crippen LogP contribution in [0.2, 0.25) is 5.02 Å². The van der Waals surface area contributed by atoms with Crippen molar-refractivity contribution >= 4 is 17.4 Å². The lowest BCUT2D eigenvalue weighted by Gasteiger charge is -2.28. The predicted molar refractivity (Wildman–Crippen MR) is 94.9 cm³/mol. The molecule has 24 heavy (non-hydrogen) atoms. The fraction of sp³-hybridized carbons (Fsp3) is 0.421. The van der Waals surface area contributed by atoms with Gasteiger partial charge in [0.25, 0.3) is 0 Å². The van der Waals surface area contributed by atoms with Gasteiger partial charge in [-0.25, -0.2) is 9.37 Å². The Morgan fingerprint density at radius 1 is 1.21 bits per heavy atom. The van der Waals surface area contributed by atoms with Gasteiger partial charge in [-0.1, -0.05) is 35.9 Å². The van der Waals surface area contributed by atoms with Crippen LogP contribution in [0.4, 0.5) is 10.2 Å². The molecule has 3 heterocycles. The van der Waals surface area contributed by atoms with Crippen molar-refractivity contribution in [3.63, 3.8) is 0 Å². The third-order valence-electron chi connectivity index (χ3n) is 5.49. The average Bonchev–Trinajstić information content (AvgIpc) is 3.05. The molecule has 0 saturated carbocycles. The summed E-state index contributed by atoms with van der Waals surface area (Å²) in [7, 11) is 2.20. The maximum atomic E-state index is 14.2. The lowest BCUT2D eigenvalue weighted by Crippen LogP contribution is -2.30. The average molecular weight is 346 g/mol. The highest BCUT2D eigenvalue weighted by molar-refractivity contribution is 6.30. The number of aryl methyl sites for hydroxylation is 1. The molecule has 2 aliphatic heterocycles. The van der Waals surface area contributed by atoms with Gasteiger partial charge in [0, 0.05) is 37.8 Å². The molecule has 3 nitrogen and oxygen atoms in total. The second kappa shape index (κ2) is 6.01. The van der Waals surface area contributed by atoms with E-state index in [4.69, 9.17) is 11.6 Å². The number of aromatic nitrogens is 1. The van der Waals surface area contributed by atoms with Crippen LogP contribution in [-0.4, -0.2) is 36.6 Å². The standard InChI is InChI=1S/C19H21ClFN3/c1-12-5-3-4-6-15(12)18-16-11-24(10-13(16)9-23(18)2)19-17(21)7-14(20)8-22-19/h3-8,13,16,18H,9-11H2,1-2H3/t13-,16+,18+/m0/s1. The van der Waals surface area contributed by atoms with Gasteiger partial charge in [-0.2, -0.15) is 0 Å². The maximum Gasteiger partial charge on any atom is 0.167 e. The number of benzene rings is 1. The van der Waals surface area contributed by atoms with Crippen molar-refractivity contribution in [1.29, 1.82) is 0 Å². The van der Waals surface area contributed by atoms with Gasteiger partial charge in [0.15, 0.2) is 11.6 Å². The minimum Gasteiger partial charge on any atom is -0.353 e. The van der Waals surface area contributed by atoms with Crippen molar-refractivity contribution in [3.8, 4) is 0 Å². The molecule has 0 amide bonds. The number of fused-ring (bicyclic) bond motifs is 1. The first-order valence-electron chi connectivity index (χ1n) is 8.36. The Kier molecular flexibility index (Phi) is 3.97. The topological polar surface area (TPSA) is 19.4 Å². The number of nitrogens with zero attached hydrogens (tertiary/aromatic N) is 3. The predicted octanol–water partition coefficient (Wildman–Crippen LogP) is 3.92. The van der Waals surface area contributed by atoms with E-state index in [0.717, 1.165) is 19.6 Å². The van der Waals surface area contributed by atoms with Crippen LogP contribution in [0.5, 0.6) is 0 Å². The van der Waals surface area contributed by atoms with E-state index in [1.807, 2.05) is 0 Å². The SMILES string of the molecule is Cc1ccccc1[C@@H]1[C@@H]2CN(c3ncc(Cl)cc3F)C[C@@H]2CN1C. The highest BCUT2D eigenvalue weighted by Crippen LogP contribution is 2.45. The molecule has 2 aromatic rings. The van der Waals surface area contributed by atoms with E-state index >= 15 is 0 Å². The largest absolute Gasteiger partial charge is 0.353 e. The summed E-state index contributed by atoms with van der Waals surface area (Å²) in [4.78, 5) is 8.75. The molecule has 1 aromatic carbocycles. The van der Waals surface area contributed by atoms with Crippen LogP contribution in [0.3, 0.4) is 0 Å². The normalized spacial score (nSPS) is 26.8. The number of halogens is 2. The van der Waals surface area contributed by atoms with Crippen molar-refractivity contribution in [3.05, 3.63) is 58.5 Å². The molecule has 1 aromatic heterocycles. The number of likely N-dealkylation sites (tertiary alicyclic amines) is 1. The van der Waals surface area contributed by atoms with E-state index in [2.05, 4.69) is 53.0 Å². The monoisotopic (exact) mass is 345 g/mol. The molecule has 2 fully saturated rings. The number of rotatable bonds is 2. The highest BCUT2D eigenvalue weighted by atomic mass is 35.5. The summed E-state index contributed by atoms with van der Waals surface area (Å²) < 4.78 is 14.2. The van der Waals surface area contributed by atoms with Crippen molar-refractivity contribution in [1.82, 2.24) is 9.88 Å². The molecule has 0 unspecified atom stereocenters. The molecule has 3 atom stereocenters. The summed E-state index contributed by atoms with van der Waals surface area (Å²) in [5.74, 6) is 1.13. The van der Waals surface area contributed by atoms with Gasteiger partial charge in [0.2, 0.25) is 0 Å². The number of anilines is 1. The molecule has 4 rings (SSSR count). The maximum absolute atomic E-state index is 14.2. The van der Waals surface area contributed by atoms with E-state index in [9.17, 15) is 4.39 Å². The molecule has 126 valence electrons. The number of hydrogen-bond donors (Lipinski definition) is 0. The molecular formula is C19H21ClFN3. The summed E-state index contributed by atoms with van der Waals surface area (Å²) in [6, 6.07) is 10.3. The van der Waals surface area contributed by atoms with E-state index in [1.165, 1.54) is 23.4 Å². The Balaban J connectivity index is 1.62. The molecule has 2 saturated heterocycles. The van der Waals surface area contributed by atoms with E-state index in [0.29, 0.717) is 28.7 Å². The number of hydrogen-bond acceptors (Lipinski definition) is 3. The summed E-state index contributed by atoms with van der Waals surface area (Å²) in [5.41, 5.74) is 2.71. The van der Waals surface area contributed by atoms with Crippen molar-refractivity contribution in [2.45, 2.75) is 13.0 Å². The zero-order valence-electron chi connectivity index (χ0n) is 13.9. The lowest BCUT2D eigenvalue weighted by atomic mass is 9.88. The second-order valence-electron chi connectivity index (χ2n) is 7.03. The Labute approximate surface area is 147 Å². The summed E-state index contributed by atoms with van der Waals surface area (Å²) in [6.45, 7) is 4.89. The molecule has 5 heteroatoms. The zero-order chi connectivity index (χ0) is 16.8. The highest BCUT2D eigenvalue weighted by Gasteiger charge is 2.47. The molecule has 0 aliphatic carbocycles. The van der Waals surface area contributed by atoms with Gasteiger partial charge < -0.3 is 4.90 Å². The van der Waals surface area contributed by atoms with Crippen molar-refractivity contribution in [2.24, 2.45) is 11.8 Å². The van der Waals surface area contributed by atoms with Gasteiger partial charge >= 0.3 is 0 Å². The van der Waals surface area contributed by atoms with Gasteiger partial charge in [-0.3, -0.25) is 4.90 Å². The van der Waals surface area contributed by atoms with Crippen LogP contribution in [0, 0.1) is 24.6 Å². The van der Waals surface area contributed by atoms with Gasteiger partial charge in [0.05, 0.1) is 5.02 Å². The fourth-order valence-corrected chi connectivity index (χ4v) is 4.60. The summed E-state index contributed by atoms with van der Waals surface area (Å²) in [6.07, 6.45) is 1.53. The third kappa shape index (κ3) is 2.58. The van der Waals surface area contributed by atoms with Crippen LogP contribution >= 0.6 is 11.6 Å². The van der Waals surface area contributed by atoms with Gasteiger partial charge in [-0.15, -0.1) is 0 Å². The van der Waals surface area contributed by atoms with E-state index in [-0.39, 0.29) is 5.82 Å². The minimum absolute atomic E-state index is 0.330. The van der Waals surface area contributed by atoms with Crippen molar-refractivity contribution in [2.75, 3.05) is 31.6 Å². The molecule has 0 radical (unpaired) electrons. The second-order valence-corrected chi connectivity index (χ2v) is 7.47. The quantitative estimate of drug-likeness (QED) is 0.822. The molecule has 2 aliphatic rings. The zero-order valence-corrected chi connectivity index (χ0v) is 14.7. The van der Waals surface area contributed by atoms with Crippen molar-refractivity contribution < 1.29 is 4.39 Å². The molecular weight excluding hydrogens is 325 g/mol. The lowest BCUT2D eigenvalue weighted by molar-refractivity contribution is 0.278. The van der Waals surface area contributed by atoms with Gasteiger partial charge in [0.1, 0.15) is 0 Å². The van der Waals surface area contributed by atoms with Crippen LogP contribution in [0.25, 0.3) is 0 Å². The Morgan fingerprint density at radius 2 is 2.00 bits per heavy atom. The van der Waals surface area contributed by atoms with Crippen LogP contribution in [0.15, 0.2) is 36.5 Å². The number of pyridine rings is 1. The van der Waals surface area contributed by atoms with Crippen LogP contribution in [0.1, 0.15) is 17.2 Å². The molecule has 0 bridgehead atoms. The van der Waals surface area contributed by atoms with Gasteiger partial charge in [-0.05, 0) is 37.1 Å². The Hall–Kier alpha value is -1.65. The fourth-order valence-electron chi connectivity index (χ4n) is 4.46. The smallest absolute Gasteiger partial charge is 0.167 e. The van der Waals surface area contributed by atoms with Crippen LogP contribution < -0.4 is 4.90 Å². The Bertz CT molecular complexity index is 766. The summed E-state index contributed by atoms with van der Waals surface area (Å²) in [5, 5.41) is 0.341. The van der Waals surface area contributed by atoms with E-state index < -0.39 is 0 Å². The first-order chi connectivity index (χ1) is 11.5. The third-order valence-corrected chi connectivity index (χ3v) is 5.70.